The Balaban J connectivity index is 1.19. The summed E-state index contributed by atoms with van der Waals surface area (Å²) in [4.78, 5) is 39.3. The quantitative estimate of drug-likeness (QED) is 0.773. The first-order valence-electron chi connectivity index (χ1n) is 10.6. The molecule has 5 rings (SSSR count). The number of hydrogen-bond donors (Lipinski definition) is 2. The van der Waals surface area contributed by atoms with Crippen molar-refractivity contribution in [2.75, 3.05) is 13.1 Å². The minimum atomic E-state index is -0.0907. The van der Waals surface area contributed by atoms with Crippen molar-refractivity contribution in [3.8, 4) is 0 Å². The maximum atomic E-state index is 13.0. The average Bonchev–Trinajstić information content (AvgIpc) is 3.33. The normalized spacial score (nSPS) is 24.0. The molecule has 2 heterocycles. The first-order chi connectivity index (χ1) is 14.8. The van der Waals surface area contributed by atoms with Crippen molar-refractivity contribution in [1.29, 1.82) is 0 Å². The Morgan fingerprint density at radius 1 is 1.23 bits per heavy atom. The van der Waals surface area contributed by atoms with Crippen molar-refractivity contribution in [3.63, 3.8) is 0 Å². The summed E-state index contributed by atoms with van der Waals surface area (Å²) in [6, 6.07) is 10.8. The molecule has 0 radical (unpaired) electrons. The van der Waals surface area contributed by atoms with Crippen molar-refractivity contribution in [1.82, 2.24) is 15.5 Å². The molecule has 3 aliphatic rings. The summed E-state index contributed by atoms with van der Waals surface area (Å²) in [5.74, 6) is -0.155. The molecule has 1 saturated heterocycles. The lowest BCUT2D eigenvalue weighted by Gasteiger charge is -2.45. The zero-order valence-electron chi connectivity index (χ0n) is 17.3. The zero-order chi connectivity index (χ0) is 21.8. The molecule has 2 aromatic carbocycles. The van der Waals surface area contributed by atoms with Gasteiger partial charge in [-0.1, -0.05) is 17.7 Å². The molecule has 2 aliphatic heterocycles. The Bertz CT molecular complexity index is 1110. The smallest absolute Gasteiger partial charge is 0.253 e. The number of nitrogens with zero attached hydrogens (tertiary/aromatic N) is 1. The Labute approximate surface area is 185 Å². The Hall–Kier alpha value is -2.86. The number of carbonyl (C=O) groups is 3. The molecular formula is C24H24ClN3O3. The third kappa shape index (κ3) is 3.49. The zero-order valence-corrected chi connectivity index (χ0v) is 18.1. The fourth-order valence-electron chi connectivity index (χ4n) is 5.19. The number of benzene rings is 2. The molecule has 0 unspecified atom stereocenters. The highest BCUT2D eigenvalue weighted by Crippen LogP contribution is 2.48. The highest BCUT2D eigenvalue weighted by molar-refractivity contribution is 6.31. The van der Waals surface area contributed by atoms with Crippen LogP contribution in [0.25, 0.3) is 0 Å². The van der Waals surface area contributed by atoms with Gasteiger partial charge in [-0.15, -0.1) is 0 Å². The van der Waals surface area contributed by atoms with Gasteiger partial charge in [0, 0.05) is 47.4 Å². The fraction of sp³-hybridized carbons (Fsp3) is 0.375. The van der Waals surface area contributed by atoms with E-state index in [-0.39, 0.29) is 29.2 Å². The van der Waals surface area contributed by atoms with Crippen LogP contribution in [0.4, 0.5) is 0 Å². The van der Waals surface area contributed by atoms with Crippen LogP contribution >= 0.6 is 11.6 Å². The summed E-state index contributed by atoms with van der Waals surface area (Å²) in [6.07, 6.45) is 2.71. The van der Waals surface area contributed by atoms with E-state index < -0.39 is 0 Å². The Morgan fingerprint density at radius 2 is 2.03 bits per heavy atom. The third-order valence-electron chi connectivity index (χ3n) is 6.97. The topological polar surface area (TPSA) is 78.5 Å². The van der Waals surface area contributed by atoms with E-state index in [2.05, 4.69) is 10.6 Å². The van der Waals surface area contributed by atoms with Crippen molar-refractivity contribution in [3.05, 3.63) is 69.2 Å². The first kappa shape index (κ1) is 20.1. The number of amides is 3. The third-order valence-corrected chi connectivity index (χ3v) is 7.38. The van der Waals surface area contributed by atoms with Crippen LogP contribution in [0.1, 0.15) is 61.5 Å². The molecule has 0 bridgehead atoms. The van der Waals surface area contributed by atoms with Gasteiger partial charge in [-0.25, -0.2) is 0 Å². The lowest BCUT2D eigenvalue weighted by atomic mass is 9.65. The van der Waals surface area contributed by atoms with Gasteiger partial charge in [-0.3, -0.25) is 14.4 Å². The molecule has 7 heteroatoms. The minimum Gasteiger partial charge on any atom is -0.349 e. The minimum absolute atomic E-state index is 0.0149. The van der Waals surface area contributed by atoms with Crippen LogP contribution in [0.5, 0.6) is 0 Å². The van der Waals surface area contributed by atoms with E-state index >= 15 is 0 Å². The summed E-state index contributed by atoms with van der Waals surface area (Å²) in [6.45, 7) is 3.77. The van der Waals surface area contributed by atoms with E-state index in [4.69, 9.17) is 11.6 Å². The number of fused-ring (bicyclic) bond motifs is 1. The maximum Gasteiger partial charge on any atom is 0.253 e. The monoisotopic (exact) mass is 437 g/mol. The maximum absolute atomic E-state index is 13.0. The van der Waals surface area contributed by atoms with Gasteiger partial charge in [0.1, 0.15) is 0 Å². The predicted molar refractivity (Wildman–Crippen MR) is 117 cm³/mol. The summed E-state index contributed by atoms with van der Waals surface area (Å²) in [5.41, 5.74) is 3.66. The van der Waals surface area contributed by atoms with Gasteiger partial charge in [0.15, 0.2) is 0 Å². The lowest BCUT2D eigenvalue weighted by Crippen LogP contribution is -2.52. The second-order valence-corrected chi connectivity index (χ2v) is 9.43. The summed E-state index contributed by atoms with van der Waals surface area (Å²) in [5, 5.41) is 6.50. The van der Waals surface area contributed by atoms with Crippen molar-refractivity contribution in [2.45, 2.75) is 38.8 Å². The molecule has 1 saturated carbocycles. The van der Waals surface area contributed by atoms with Gasteiger partial charge in [-0.05, 0) is 73.1 Å². The van der Waals surface area contributed by atoms with Gasteiger partial charge in [0.2, 0.25) is 0 Å². The van der Waals surface area contributed by atoms with Crippen LogP contribution < -0.4 is 10.6 Å². The molecular weight excluding hydrogens is 414 g/mol. The van der Waals surface area contributed by atoms with E-state index in [0.29, 0.717) is 34.8 Å². The highest BCUT2D eigenvalue weighted by atomic mass is 35.5. The van der Waals surface area contributed by atoms with E-state index in [1.807, 2.05) is 17.9 Å². The van der Waals surface area contributed by atoms with Crippen LogP contribution in [0.15, 0.2) is 36.4 Å². The summed E-state index contributed by atoms with van der Waals surface area (Å²) < 4.78 is 0. The molecule has 1 aliphatic carbocycles. The number of carbonyl (C=O) groups excluding carboxylic acids is 3. The predicted octanol–water partition coefficient (Wildman–Crippen LogP) is 3.32. The largest absolute Gasteiger partial charge is 0.349 e. The summed E-state index contributed by atoms with van der Waals surface area (Å²) >= 11 is 6.14. The van der Waals surface area contributed by atoms with E-state index in [1.54, 1.807) is 30.3 Å². The van der Waals surface area contributed by atoms with Crippen LogP contribution in [0.3, 0.4) is 0 Å². The molecule has 3 amide bonds. The van der Waals surface area contributed by atoms with Crippen LogP contribution in [0, 0.1) is 12.3 Å². The molecule has 31 heavy (non-hydrogen) atoms. The van der Waals surface area contributed by atoms with Crippen LogP contribution in [-0.4, -0.2) is 41.8 Å². The SMILES string of the molecule is Cc1c(Cl)cccc1C(=O)NC1CC2(CCN(C(=O)c3ccc4c(c3)CNC4=O)C2)C1. The molecule has 2 aromatic rings. The standard InChI is InChI=1S/C24H24ClN3O3/c1-14-18(3-2-4-20(14)25)22(30)27-17-10-24(11-17)7-8-28(13-24)23(31)15-5-6-19-16(9-15)12-26-21(19)29/h2-6,9,17H,7-8,10-13H2,1H3,(H,26,29)(H,27,30). The van der Waals surface area contributed by atoms with Crippen LogP contribution in [0.2, 0.25) is 5.02 Å². The van der Waals surface area contributed by atoms with Gasteiger partial charge in [-0.2, -0.15) is 0 Å². The van der Waals surface area contributed by atoms with Gasteiger partial charge < -0.3 is 15.5 Å². The average molecular weight is 438 g/mol. The number of hydrogen-bond acceptors (Lipinski definition) is 3. The van der Waals surface area contributed by atoms with Crippen molar-refractivity contribution >= 4 is 29.3 Å². The number of nitrogens with one attached hydrogen (secondary N) is 2. The number of likely N-dealkylation sites (tertiary alicyclic amines) is 1. The van der Waals surface area contributed by atoms with Crippen molar-refractivity contribution < 1.29 is 14.4 Å². The van der Waals surface area contributed by atoms with Gasteiger partial charge in [0.25, 0.3) is 17.7 Å². The van der Waals surface area contributed by atoms with E-state index in [9.17, 15) is 14.4 Å². The first-order valence-corrected chi connectivity index (χ1v) is 11.0. The second kappa shape index (κ2) is 7.38. The molecule has 6 nitrogen and oxygen atoms in total. The Morgan fingerprint density at radius 3 is 2.84 bits per heavy atom. The summed E-state index contributed by atoms with van der Waals surface area (Å²) in [7, 11) is 0. The molecule has 0 atom stereocenters. The molecule has 160 valence electrons. The Kier molecular flexibility index (Phi) is 4.77. The van der Waals surface area contributed by atoms with Crippen LogP contribution in [-0.2, 0) is 6.54 Å². The molecule has 2 N–H and O–H groups in total. The lowest BCUT2D eigenvalue weighted by molar-refractivity contribution is 0.0609. The number of halogens is 1. The number of rotatable bonds is 3. The molecule has 0 aromatic heterocycles. The van der Waals surface area contributed by atoms with Gasteiger partial charge in [0.05, 0.1) is 0 Å². The fourth-order valence-corrected chi connectivity index (χ4v) is 5.37. The highest BCUT2D eigenvalue weighted by Gasteiger charge is 2.50. The molecule has 1 spiro atoms. The molecule has 2 fully saturated rings. The van der Waals surface area contributed by atoms with E-state index in [1.165, 1.54) is 0 Å². The van der Waals surface area contributed by atoms with Gasteiger partial charge >= 0.3 is 0 Å². The van der Waals surface area contributed by atoms with E-state index in [0.717, 1.165) is 36.9 Å². The van der Waals surface area contributed by atoms with Crippen molar-refractivity contribution in [2.24, 2.45) is 5.41 Å². The second-order valence-electron chi connectivity index (χ2n) is 9.02.